The lowest BCUT2D eigenvalue weighted by molar-refractivity contribution is 0.0697. The lowest BCUT2D eigenvalue weighted by Gasteiger charge is -2.40. The minimum atomic E-state index is -0.904. The van der Waals surface area contributed by atoms with Crippen LogP contribution in [0.15, 0.2) is 18.5 Å². The molecular weight excluding hydrogens is 216 g/mol. The summed E-state index contributed by atoms with van der Waals surface area (Å²) in [6.45, 7) is 5.31. The normalized spacial score (nSPS) is 24.7. The van der Waals surface area contributed by atoms with Gasteiger partial charge in [-0.3, -0.25) is 4.98 Å². The summed E-state index contributed by atoms with van der Waals surface area (Å²) in [6, 6.07) is 2.18. The number of aromatic carboxylic acids is 1. The molecule has 2 atom stereocenters. The number of nitrogens with zero attached hydrogens (tertiary/aromatic N) is 2. The van der Waals surface area contributed by atoms with Crippen molar-refractivity contribution in [3.05, 3.63) is 24.0 Å². The first-order chi connectivity index (χ1) is 8.11. The Kier molecular flexibility index (Phi) is 3.31. The van der Waals surface area contributed by atoms with Crippen LogP contribution in [0.3, 0.4) is 0 Å². The molecule has 92 valence electrons. The van der Waals surface area contributed by atoms with E-state index < -0.39 is 5.97 Å². The number of rotatable bonds is 2. The molecule has 0 saturated carbocycles. The number of carboxylic acid groups (broad SMARTS) is 1. The third-order valence-corrected chi connectivity index (χ3v) is 3.71. The second kappa shape index (κ2) is 4.73. The lowest BCUT2D eigenvalue weighted by atomic mass is 9.91. The Morgan fingerprint density at radius 2 is 2.29 bits per heavy atom. The van der Waals surface area contributed by atoms with E-state index in [0.717, 1.165) is 18.7 Å². The molecule has 4 heteroatoms. The molecule has 0 amide bonds. The molecule has 0 aliphatic carbocycles. The highest BCUT2D eigenvalue weighted by Crippen LogP contribution is 2.30. The summed E-state index contributed by atoms with van der Waals surface area (Å²) in [6.07, 6.45) is 5.43. The quantitative estimate of drug-likeness (QED) is 0.853. The Bertz CT molecular complexity index is 420. The second-order valence-corrected chi connectivity index (χ2v) is 4.75. The number of carbonyl (C=O) groups is 1. The smallest absolute Gasteiger partial charge is 0.339 e. The fraction of sp³-hybridized carbons (Fsp3) is 0.538. The first-order valence-corrected chi connectivity index (χ1v) is 6.05. The van der Waals surface area contributed by atoms with Crippen molar-refractivity contribution in [3.8, 4) is 0 Å². The Morgan fingerprint density at radius 1 is 1.53 bits per heavy atom. The van der Waals surface area contributed by atoms with Gasteiger partial charge in [0.05, 0.1) is 5.69 Å². The van der Waals surface area contributed by atoms with Crippen molar-refractivity contribution < 1.29 is 9.90 Å². The number of pyridine rings is 1. The van der Waals surface area contributed by atoms with Crippen molar-refractivity contribution in [1.82, 2.24) is 4.98 Å². The van der Waals surface area contributed by atoms with Crippen molar-refractivity contribution in [2.45, 2.75) is 32.7 Å². The lowest BCUT2D eigenvalue weighted by Crippen LogP contribution is -2.43. The van der Waals surface area contributed by atoms with E-state index in [1.54, 1.807) is 12.3 Å². The van der Waals surface area contributed by atoms with Crippen LogP contribution < -0.4 is 4.90 Å². The zero-order valence-electron chi connectivity index (χ0n) is 10.3. The van der Waals surface area contributed by atoms with E-state index >= 15 is 0 Å². The van der Waals surface area contributed by atoms with Crippen LogP contribution in [0.1, 0.15) is 37.0 Å². The number of aromatic nitrogens is 1. The molecule has 2 heterocycles. The van der Waals surface area contributed by atoms with Gasteiger partial charge in [0.2, 0.25) is 0 Å². The van der Waals surface area contributed by atoms with Crippen LogP contribution in [0.2, 0.25) is 0 Å². The summed E-state index contributed by atoms with van der Waals surface area (Å²) >= 11 is 0. The minimum Gasteiger partial charge on any atom is -0.478 e. The predicted molar refractivity (Wildman–Crippen MR) is 66.4 cm³/mol. The summed E-state index contributed by atoms with van der Waals surface area (Å²) in [5.74, 6) is -0.308. The molecule has 1 saturated heterocycles. The number of carboxylic acids is 1. The van der Waals surface area contributed by atoms with Crippen molar-refractivity contribution in [1.29, 1.82) is 0 Å². The maximum Gasteiger partial charge on any atom is 0.339 e. The van der Waals surface area contributed by atoms with Gasteiger partial charge in [-0.05, 0) is 31.7 Å². The first-order valence-electron chi connectivity index (χ1n) is 6.05. The van der Waals surface area contributed by atoms with Crippen molar-refractivity contribution in [3.63, 3.8) is 0 Å². The average Bonchev–Trinajstić information content (AvgIpc) is 2.33. The van der Waals surface area contributed by atoms with Crippen molar-refractivity contribution in [2.24, 2.45) is 5.92 Å². The van der Waals surface area contributed by atoms with E-state index in [1.807, 2.05) is 0 Å². The van der Waals surface area contributed by atoms with Crippen LogP contribution in [0.5, 0.6) is 0 Å². The van der Waals surface area contributed by atoms with Gasteiger partial charge in [-0.25, -0.2) is 4.79 Å². The number of anilines is 1. The highest BCUT2D eigenvalue weighted by Gasteiger charge is 2.27. The van der Waals surface area contributed by atoms with Gasteiger partial charge in [0, 0.05) is 25.0 Å². The Labute approximate surface area is 101 Å². The summed E-state index contributed by atoms with van der Waals surface area (Å²) in [4.78, 5) is 17.3. The van der Waals surface area contributed by atoms with Crippen LogP contribution in [-0.4, -0.2) is 28.6 Å². The fourth-order valence-electron chi connectivity index (χ4n) is 2.48. The summed E-state index contributed by atoms with van der Waals surface area (Å²) in [5.41, 5.74) is 1.10. The Morgan fingerprint density at radius 3 is 3.00 bits per heavy atom. The molecule has 1 aliphatic rings. The average molecular weight is 234 g/mol. The van der Waals surface area contributed by atoms with Gasteiger partial charge in [-0.2, -0.15) is 0 Å². The van der Waals surface area contributed by atoms with Crippen LogP contribution in [-0.2, 0) is 0 Å². The first kappa shape index (κ1) is 11.9. The van der Waals surface area contributed by atoms with E-state index in [1.165, 1.54) is 12.6 Å². The highest BCUT2D eigenvalue weighted by atomic mass is 16.4. The highest BCUT2D eigenvalue weighted by molar-refractivity contribution is 5.94. The van der Waals surface area contributed by atoms with Gasteiger partial charge < -0.3 is 10.0 Å². The maximum absolute atomic E-state index is 11.2. The van der Waals surface area contributed by atoms with Crippen LogP contribution in [0, 0.1) is 5.92 Å². The van der Waals surface area contributed by atoms with Gasteiger partial charge in [-0.15, -0.1) is 0 Å². The monoisotopic (exact) mass is 234 g/mol. The molecule has 1 aromatic rings. The van der Waals surface area contributed by atoms with E-state index in [0.29, 0.717) is 17.5 Å². The second-order valence-electron chi connectivity index (χ2n) is 4.75. The fourth-order valence-corrected chi connectivity index (χ4v) is 2.48. The largest absolute Gasteiger partial charge is 0.478 e. The van der Waals surface area contributed by atoms with E-state index in [2.05, 4.69) is 23.7 Å². The van der Waals surface area contributed by atoms with Crippen LogP contribution >= 0.6 is 0 Å². The number of hydrogen-bond acceptors (Lipinski definition) is 3. The van der Waals surface area contributed by atoms with Gasteiger partial charge >= 0.3 is 5.97 Å². The molecule has 0 radical (unpaired) electrons. The molecule has 4 nitrogen and oxygen atoms in total. The molecule has 2 rings (SSSR count). The third kappa shape index (κ3) is 2.25. The number of hydrogen-bond donors (Lipinski definition) is 1. The van der Waals surface area contributed by atoms with Crippen molar-refractivity contribution >= 4 is 11.7 Å². The molecule has 2 unspecified atom stereocenters. The maximum atomic E-state index is 11.2. The van der Waals surface area contributed by atoms with Gasteiger partial charge in [0.1, 0.15) is 5.56 Å². The SMILES string of the molecule is CC1CCCN(c2ccncc2C(=O)O)C1C. The van der Waals surface area contributed by atoms with Gasteiger partial charge in [0.25, 0.3) is 0 Å². The van der Waals surface area contributed by atoms with E-state index in [4.69, 9.17) is 0 Å². The predicted octanol–water partition coefficient (Wildman–Crippen LogP) is 2.40. The molecule has 0 bridgehead atoms. The zero-order chi connectivity index (χ0) is 12.4. The molecule has 1 N–H and O–H groups in total. The van der Waals surface area contributed by atoms with Crippen LogP contribution in [0.4, 0.5) is 5.69 Å². The van der Waals surface area contributed by atoms with Gasteiger partial charge in [0.15, 0.2) is 0 Å². The van der Waals surface area contributed by atoms with E-state index in [-0.39, 0.29) is 0 Å². The molecule has 1 aromatic heterocycles. The van der Waals surface area contributed by atoms with Crippen LogP contribution in [0.25, 0.3) is 0 Å². The van der Waals surface area contributed by atoms with Gasteiger partial charge in [-0.1, -0.05) is 6.92 Å². The summed E-state index contributed by atoms with van der Waals surface area (Å²) < 4.78 is 0. The topological polar surface area (TPSA) is 53.4 Å². The standard InChI is InChI=1S/C13H18N2O2/c1-9-4-3-7-15(10(9)2)12-5-6-14-8-11(12)13(16)17/h5-6,8-10H,3-4,7H2,1-2H3,(H,16,17). The molecular formula is C13H18N2O2. The molecule has 0 spiro atoms. The molecule has 1 aliphatic heterocycles. The summed E-state index contributed by atoms with van der Waals surface area (Å²) in [5, 5.41) is 9.18. The van der Waals surface area contributed by atoms with Crippen molar-refractivity contribution in [2.75, 3.05) is 11.4 Å². The third-order valence-electron chi connectivity index (χ3n) is 3.71. The molecule has 17 heavy (non-hydrogen) atoms. The Hall–Kier alpha value is -1.58. The molecule has 0 aromatic carbocycles. The van der Waals surface area contributed by atoms with E-state index in [9.17, 15) is 9.90 Å². The summed E-state index contributed by atoms with van der Waals surface area (Å²) in [7, 11) is 0. The zero-order valence-corrected chi connectivity index (χ0v) is 10.3. The molecule has 1 fully saturated rings. The minimum absolute atomic E-state index is 0.299. The number of piperidine rings is 1. The Balaban J connectivity index is 2.36.